The lowest BCUT2D eigenvalue weighted by Crippen LogP contribution is -2.53. The summed E-state index contributed by atoms with van der Waals surface area (Å²) in [5.41, 5.74) is 5.17. The lowest BCUT2D eigenvalue weighted by atomic mass is 10.0. The second kappa shape index (κ2) is 12.9. The number of amides is 2. The molecule has 0 heterocycles. The molecule has 0 unspecified atom stereocenters. The third kappa shape index (κ3) is 7.45. The minimum Gasteiger partial charge on any atom is -0.483 e. The van der Waals surface area contributed by atoms with Crippen LogP contribution in [0.3, 0.4) is 0 Å². The molecule has 0 fully saturated rings. The molecule has 2 atom stereocenters. The molecular weight excluding hydrogens is 448 g/mol. The van der Waals surface area contributed by atoms with Crippen LogP contribution in [0.25, 0.3) is 0 Å². The zero-order valence-electron chi connectivity index (χ0n) is 22.1. The first-order valence-corrected chi connectivity index (χ1v) is 12.7. The molecule has 0 saturated heterocycles. The Kier molecular flexibility index (Phi) is 9.69. The van der Waals surface area contributed by atoms with E-state index >= 15 is 0 Å². The van der Waals surface area contributed by atoms with Gasteiger partial charge in [0.2, 0.25) is 5.91 Å². The molecule has 0 radical (unpaired) electrons. The van der Waals surface area contributed by atoms with Crippen LogP contribution in [-0.4, -0.2) is 35.4 Å². The van der Waals surface area contributed by atoms with Crippen molar-refractivity contribution in [2.24, 2.45) is 0 Å². The number of nitrogens with zero attached hydrogens (tertiary/aromatic N) is 1. The van der Waals surface area contributed by atoms with Gasteiger partial charge in [0, 0.05) is 19.0 Å². The van der Waals surface area contributed by atoms with Crippen molar-refractivity contribution in [2.45, 2.75) is 66.1 Å². The third-order valence-corrected chi connectivity index (χ3v) is 6.58. The molecule has 0 aliphatic carbocycles. The number of rotatable bonds is 11. The minimum absolute atomic E-state index is 0.0126. The molecule has 3 aromatic rings. The molecule has 0 bridgehead atoms. The normalized spacial score (nSPS) is 12.5. The molecule has 190 valence electrons. The number of carbonyl (C=O) groups excluding carboxylic acids is 2. The van der Waals surface area contributed by atoms with E-state index in [1.165, 1.54) is 0 Å². The van der Waals surface area contributed by atoms with E-state index in [9.17, 15) is 9.59 Å². The maximum Gasteiger partial charge on any atom is 0.261 e. The van der Waals surface area contributed by atoms with Gasteiger partial charge in [-0.3, -0.25) is 9.59 Å². The second-order valence-corrected chi connectivity index (χ2v) is 9.52. The summed E-state index contributed by atoms with van der Waals surface area (Å²) in [5.74, 6) is 0.321. The van der Waals surface area contributed by atoms with Crippen LogP contribution < -0.4 is 10.1 Å². The SMILES string of the molecule is CC[C@@H](C)NC(=O)[C@H](Cc1ccccc1)N(Cc1ccccc1)C(=O)COc1cc(C)cc(C)c1C. The predicted octanol–water partition coefficient (Wildman–Crippen LogP) is 5.55. The smallest absolute Gasteiger partial charge is 0.261 e. The molecule has 0 aromatic heterocycles. The highest BCUT2D eigenvalue weighted by molar-refractivity contribution is 5.88. The fourth-order valence-corrected chi connectivity index (χ4v) is 4.15. The van der Waals surface area contributed by atoms with E-state index in [1.807, 2.05) is 101 Å². The van der Waals surface area contributed by atoms with Crippen LogP contribution in [0, 0.1) is 20.8 Å². The molecular formula is C31H38N2O3. The highest BCUT2D eigenvalue weighted by Gasteiger charge is 2.31. The first-order chi connectivity index (χ1) is 17.3. The van der Waals surface area contributed by atoms with Gasteiger partial charge in [0.1, 0.15) is 11.8 Å². The summed E-state index contributed by atoms with van der Waals surface area (Å²) >= 11 is 0. The maximum absolute atomic E-state index is 13.7. The van der Waals surface area contributed by atoms with Crippen molar-refractivity contribution in [3.05, 3.63) is 101 Å². The summed E-state index contributed by atoms with van der Waals surface area (Å²) in [6.07, 6.45) is 1.23. The van der Waals surface area contributed by atoms with Gasteiger partial charge in [0.25, 0.3) is 5.91 Å². The molecule has 1 N–H and O–H groups in total. The van der Waals surface area contributed by atoms with Crippen molar-refractivity contribution in [1.29, 1.82) is 0 Å². The molecule has 0 aliphatic heterocycles. The fraction of sp³-hybridized carbons (Fsp3) is 0.355. The summed E-state index contributed by atoms with van der Waals surface area (Å²) in [5, 5.41) is 3.10. The van der Waals surface area contributed by atoms with E-state index in [0.29, 0.717) is 18.7 Å². The Morgan fingerprint density at radius 1 is 0.917 bits per heavy atom. The average Bonchev–Trinajstić information content (AvgIpc) is 2.88. The van der Waals surface area contributed by atoms with Crippen LogP contribution in [-0.2, 0) is 22.6 Å². The number of hydrogen-bond donors (Lipinski definition) is 1. The standard InChI is InChI=1S/C31H38N2O3/c1-6-24(4)32-31(35)28(19-26-13-9-7-10-14-26)33(20-27-15-11-8-12-16-27)30(34)21-36-29-18-22(2)17-23(3)25(29)5/h7-18,24,28H,6,19-21H2,1-5H3,(H,32,35)/t24-,28+/m1/s1. The van der Waals surface area contributed by atoms with Gasteiger partial charge in [-0.15, -0.1) is 0 Å². The van der Waals surface area contributed by atoms with Gasteiger partial charge in [-0.05, 0) is 68.0 Å². The summed E-state index contributed by atoms with van der Waals surface area (Å²) in [6.45, 7) is 10.2. The zero-order chi connectivity index (χ0) is 26.1. The maximum atomic E-state index is 13.7. The molecule has 0 saturated carbocycles. The van der Waals surface area contributed by atoms with Crippen molar-refractivity contribution < 1.29 is 14.3 Å². The van der Waals surface area contributed by atoms with E-state index in [2.05, 4.69) is 11.4 Å². The number of ether oxygens (including phenoxy) is 1. The van der Waals surface area contributed by atoms with E-state index in [1.54, 1.807) is 4.90 Å². The monoisotopic (exact) mass is 486 g/mol. The molecule has 5 nitrogen and oxygen atoms in total. The Bertz CT molecular complexity index is 1150. The topological polar surface area (TPSA) is 58.6 Å². The van der Waals surface area contributed by atoms with Crippen LogP contribution in [0.4, 0.5) is 0 Å². The molecule has 5 heteroatoms. The predicted molar refractivity (Wildman–Crippen MR) is 145 cm³/mol. The Hall–Kier alpha value is -3.60. The number of hydrogen-bond acceptors (Lipinski definition) is 3. The zero-order valence-corrected chi connectivity index (χ0v) is 22.1. The lowest BCUT2D eigenvalue weighted by Gasteiger charge is -2.32. The van der Waals surface area contributed by atoms with Crippen molar-refractivity contribution in [2.75, 3.05) is 6.61 Å². The van der Waals surface area contributed by atoms with Crippen LogP contribution in [0.1, 0.15) is 48.1 Å². The van der Waals surface area contributed by atoms with Gasteiger partial charge in [0.05, 0.1) is 0 Å². The number of nitrogens with one attached hydrogen (secondary N) is 1. The van der Waals surface area contributed by atoms with Crippen LogP contribution in [0.5, 0.6) is 5.75 Å². The van der Waals surface area contributed by atoms with E-state index < -0.39 is 6.04 Å². The molecule has 2 amide bonds. The van der Waals surface area contributed by atoms with E-state index in [4.69, 9.17) is 4.74 Å². The number of carbonyl (C=O) groups is 2. The van der Waals surface area contributed by atoms with Gasteiger partial charge in [-0.25, -0.2) is 0 Å². The van der Waals surface area contributed by atoms with Crippen molar-refractivity contribution in [3.8, 4) is 5.75 Å². The highest BCUT2D eigenvalue weighted by atomic mass is 16.5. The van der Waals surface area contributed by atoms with E-state index in [-0.39, 0.29) is 24.5 Å². The molecule has 3 rings (SSSR count). The molecule has 0 aliphatic rings. The van der Waals surface area contributed by atoms with Crippen molar-refractivity contribution >= 4 is 11.8 Å². The summed E-state index contributed by atoms with van der Waals surface area (Å²) in [6, 6.07) is 23.0. The van der Waals surface area contributed by atoms with Gasteiger partial charge in [-0.1, -0.05) is 73.7 Å². The highest BCUT2D eigenvalue weighted by Crippen LogP contribution is 2.24. The largest absolute Gasteiger partial charge is 0.483 e. The molecule has 0 spiro atoms. The third-order valence-electron chi connectivity index (χ3n) is 6.58. The summed E-state index contributed by atoms with van der Waals surface area (Å²) in [4.78, 5) is 28.9. The molecule has 36 heavy (non-hydrogen) atoms. The Morgan fingerprint density at radius 2 is 1.53 bits per heavy atom. The first kappa shape index (κ1) is 27.0. The van der Waals surface area contributed by atoms with Crippen LogP contribution in [0.15, 0.2) is 72.8 Å². The summed E-state index contributed by atoms with van der Waals surface area (Å²) < 4.78 is 6.04. The van der Waals surface area contributed by atoms with Gasteiger partial charge < -0.3 is 15.0 Å². The van der Waals surface area contributed by atoms with E-state index in [0.717, 1.165) is 34.2 Å². The van der Waals surface area contributed by atoms with Crippen molar-refractivity contribution in [1.82, 2.24) is 10.2 Å². The quantitative estimate of drug-likeness (QED) is 0.387. The molecule has 3 aromatic carbocycles. The van der Waals surface area contributed by atoms with Crippen molar-refractivity contribution in [3.63, 3.8) is 0 Å². The van der Waals surface area contributed by atoms with Crippen LogP contribution in [0.2, 0.25) is 0 Å². The van der Waals surface area contributed by atoms with Gasteiger partial charge >= 0.3 is 0 Å². The van der Waals surface area contributed by atoms with Crippen LogP contribution >= 0.6 is 0 Å². The second-order valence-electron chi connectivity index (χ2n) is 9.52. The Balaban J connectivity index is 1.92. The Morgan fingerprint density at radius 3 is 2.14 bits per heavy atom. The van der Waals surface area contributed by atoms with Gasteiger partial charge in [-0.2, -0.15) is 0 Å². The van der Waals surface area contributed by atoms with Gasteiger partial charge in [0.15, 0.2) is 6.61 Å². The number of aryl methyl sites for hydroxylation is 2. The average molecular weight is 487 g/mol. The lowest BCUT2D eigenvalue weighted by molar-refractivity contribution is -0.143. The summed E-state index contributed by atoms with van der Waals surface area (Å²) in [7, 11) is 0. The minimum atomic E-state index is -0.668. The fourth-order valence-electron chi connectivity index (χ4n) is 4.15. The first-order valence-electron chi connectivity index (χ1n) is 12.7. The Labute approximate surface area is 215 Å². The number of benzene rings is 3.